The zero-order valence-electron chi connectivity index (χ0n) is 15.5. The molecule has 0 N–H and O–H groups in total. The van der Waals surface area contributed by atoms with Gasteiger partial charge in [0.15, 0.2) is 11.6 Å². The third-order valence-corrected chi connectivity index (χ3v) is 4.91. The number of benzene rings is 2. The first-order valence-corrected chi connectivity index (χ1v) is 9.13. The number of carbonyl (C=O) groups excluding carboxylic acids is 1. The summed E-state index contributed by atoms with van der Waals surface area (Å²) in [5.41, 5.74) is 1.46. The molecule has 0 aliphatic carbocycles. The Balaban J connectivity index is 1.46. The molecule has 1 amide bonds. The molecule has 0 bridgehead atoms. The second-order valence-electron chi connectivity index (χ2n) is 6.72. The van der Waals surface area contributed by atoms with E-state index in [0.717, 1.165) is 18.7 Å². The molecule has 4 nitrogen and oxygen atoms in total. The molecule has 1 saturated heterocycles. The molecule has 27 heavy (non-hydrogen) atoms. The molecule has 1 heterocycles. The summed E-state index contributed by atoms with van der Waals surface area (Å²) in [6.07, 6.45) is 0.724. The largest absolute Gasteiger partial charge is 0.494 e. The minimum atomic E-state index is -0.364. The molecule has 2 aromatic rings. The van der Waals surface area contributed by atoms with Crippen LogP contribution in [-0.2, 0) is 17.8 Å². The molecule has 0 spiro atoms. The number of hydrogen-bond acceptors (Lipinski definition) is 3. The van der Waals surface area contributed by atoms with Crippen molar-refractivity contribution in [1.29, 1.82) is 0 Å². The Bertz CT molecular complexity index is 790. The van der Waals surface area contributed by atoms with Crippen LogP contribution in [0.15, 0.2) is 42.5 Å². The maximum atomic E-state index is 13.8. The summed E-state index contributed by atoms with van der Waals surface area (Å²) >= 11 is 0. The number of ether oxygens (including phenoxy) is 1. The van der Waals surface area contributed by atoms with Crippen molar-refractivity contribution in [2.45, 2.75) is 19.4 Å². The Morgan fingerprint density at radius 3 is 2.44 bits per heavy atom. The maximum absolute atomic E-state index is 13.8. The topological polar surface area (TPSA) is 32.8 Å². The summed E-state index contributed by atoms with van der Waals surface area (Å²) in [5.74, 6) is -0.337. The average molecular weight is 374 g/mol. The van der Waals surface area contributed by atoms with E-state index in [1.165, 1.54) is 19.2 Å². The molecule has 1 aliphatic rings. The minimum Gasteiger partial charge on any atom is -0.494 e. The predicted octanol–water partition coefficient (Wildman–Crippen LogP) is 3.25. The third kappa shape index (κ3) is 5.04. The fraction of sp³-hybridized carbons (Fsp3) is 0.381. The standard InChI is InChI=1S/C21H24F2N2O2/c1-27-20-8-6-16(14-19(20)23)15-24-10-12-25(13-11-24)21(26)9-7-17-4-2-3-5-18(17)22/h2-6,8,14H,7,9-13,15H2,1H3. The van der Waals surface area contributed by atoms with E-state index >= 15 is 0 Å². The van der Waals surface area contributed by atoms with Crippen LogP contribution in [0.3, 0.4) is 0 Å². The smallest absolute Gasteiger partial charge is 0.222 e. The highest BCUT2D eigenvalue weighted by atomic mass is 19.1. The van der Waals surface area contributed by atoms with Crippen molar-refractivity contribution in [3.63, 3.8) is 0 Å². The summed E-state index contributed by atoms with van der Waals surface area (Å²) in [4.78, 5) is 16.4. The number of nitrogens with zero attached hydrogens (tertiary/aromatic N) is 2. The average Bonchev–Trinajstić information content (AvgIpc) is 2.68. The third-order valence-electron chi connectivity index (χ3n) is 4.91. The van der Waals surface area contributed by atoms with Crippen LogP contribution in [0.5, 0.6) is 5.75 Å². The van der Waals surface area contributed by atoms with Crippen LogP contribution in [0.25, 0.3) is 0 Å². The number of carbonyl (C=O) groups is 1. The maximum Gasteiger partial charge on any atom is 0.222 e. The van der Waals surface area contributed by atoms with Crippen molar-refractivity contribution in [3.05, 3.63) is 65.2 Å². The lowest BCUT2D eigenvalue weighted by Gasteiger charge is -2.35. The van der Waals surface area contributed by atoms with Crippen LogP contribution in [0, 0.1) is 11.6 Å². The van der Waals surface area contributed by atoms with Crippen LogP contribution in [0.4, 0.5) is 8.78 Å². The highest BCUT2D eigenvalue weighted by Crippen LogP contribution is 2.19. The number of rotatable bonds is 6. The SMILES string of the molecule is COc1ccc(CN2CCN(C(=O)CCc3ccccc3F)CC2)cc1F. The molecule has 1 fully saturated rings. The number of piperazine rings is 1. The molecule has 0 saturated carbocycles. The van der Waals surface area contributed by atoms with Crippen LogP contribution in [-0.4, -0.2) is 49.0 Å². The zero-order chi connectivity index (χ0) is 19.2. The summed E-state index contributed by atoms with van der Waals surface area (Å²) in [7, 11) is 1.44. The Labute approximate surface area is 158 Å². The van der Waals surface area contributed by atoms with Gasteiger partial charge in [0.2, 0.25) is 5.91 Å². The van der Waals surface area contributed by atoms with Gasteiger partial charge in [-0.15, -0.1) is 0 Å². The Hall–Kier alpha value is -2.47. The zero-order valence-corrected chi connectivity index (χ0v) is 15.5. The fourth-order valence-corrected chi connectivity index (χ4v) is 3.32. The Kier molecular flexibility index (Phi) is 6.40. The van der Waals surface area contributed by atoms with Gasteiger partial charge in [-0.2, -0.15) is 0 Å². The molecule has 0 atom stereocenters. The number of halogens is 2. The molecule has 2 aromatic carbocycles. The quantitative estimate of drug-likeness (QED) is 0.778. The molecular formula is C21H24F2N2O2. The molecule has 0 aromatic heterocycles. The monoisotopic (exact) mass is 374 g/mol. The van der Waals surface area contributed by atoms with Crippen molar-refractivity contribution >= 4 is 5.91 Å². The first-order chi connectivity index (χ1) is 13.1. The Morgan fingerprint density at radius 1 is 1.04 bits per heavy atom. The lowest BCUT2D eigenvalue weighted by Crippen LogP contribution is -2.48. The molecule has 6 heteroatoms. The van der Waals surface area contributed by atoms with Crippen LogP contribution < -0.4 is 4.74 Å². The van der Waals surface area contributed by atoms with Gasteiger partial charge in [-0.05, 0) is 35.7 Å². The summed E-state index contributed by atoms with van der Waals surface area (Å²) in [6, 6.07) is 11.5. The van der Waals surface area contributed by atoms with E-state index in [2.05, 4.69) is 4.90 Å². The lowest BCUT2D eigenvalue weighted by atomic mass is 10.1. The highest BCUT2D eigenvalue weighted by molar-refractivity contribution is 5.76. The van der Waals surface area contributed by atoms with E-state index in [1.807, 2.05) is 11.0 Å². The fourth-order valence-electron chi connectivity index (χ4n) is 3.32. The van der Waals surface area contributed by atoms with E-state index < -0.39 is 0 Å². The first kappa shape index (κ1) is 19.3. The molecular weight excluding hydrogens is 350 g/mol. The molecule has 144 valence electrons. The second-order valence-corrected chi connectivity index (χ2v) is 6.72. The summed E-state index contributed by atoms with van der Waals surface area (Å²) in [5, 5.41) is 0. The van der Waals surface area contributed by atoms with E-state index in [0.29, 0.717) is 38.0 Å². The van der Waals surface area contributed by atoms with Gasteiger partial charge in [-0.3, -0.25) is 9.69 Å². The van der Waals surface area contributed by atoms with Crippen LogP contribution >= 0.6 is 0 Å². The summed E-state index contributed by atoms with van der Waals surface area (Å²) < 4.78 is 32.4. The van der Waals surface area contributed by atoms with Gasteiger partial charge in [0, 0.05) is 39.1 Å². The second kappa shape index (κ2) is 8.95. The molecule has 0 unspecified atom stereocenters. The van der Waals surface area contributed by atoms with E-state index in [9.17, 15) is 13.6 Å². The lowest BCUT2D eigenvalue weighted by molar-refractivity contribution is -0.133. The Morgan fingerprint density at radius 2 is 1.78 bits per heavy atom. The number of methoxy groups -OCH3 is 1. The summed E-state index contributed by atoms with van der Waals surface area (Å²) in [6.45, 7) is 3.37. The van der Waals surface area contributed by atoms with Gasteiger partial charge in [0.25, 0.3) is 0 Å². The van der Waals surface area contributed by atoms with Crippen LogP contribution in [0.2, 0.25) is 0 Å². The van der Waals surface area contributed by atoms with E-state index in [-0.39, 0.29) is 23.3 Å². The van der Waals surface area contributed by atoms with Crippen molar-refractivity contribution < 1.29 is 18.3 Å². The predicted molar refractivity (Wildman–Crippen MR) is 99.5 cm³/mol. The normalized spacial score (nSPS) is 15.0. The molecule has 0 radical (unpaired) electrons. The number of amides is 1. The molecule has 3 rings (SSSR count). The first-order valence-electron chi connectivity index (χ1n) is 9.13. The van der Waals surface area contributed by atoms with Gasteiger partial charge in [-0.1, -0.05) is 24.3 Å². The highest BCUT2D eigenvalue weighted by Gasteiger charge is 2.21. The molecule has 1 aliphatic heterocycles. The van der Waals surface area contributed by atoms with Gasteiger partial charge < -0.3 is 9.64 Å². The van der Waals surface area contributed by atoms with Crippen molar-refractivity contribution in [3.8, 4) is 5.75 Å². The van der Waals surface area contributed by atoms with E-state index in [4.69, 9.17) is 4.74 Å². The van der Waals surface area contributed by atoms with Gasteiger partial charge in [0.1, 0.15) is 5.82 Å². The van der Waals surface area contributed by atoms with Crippen LogP contribution in [0.1, 0.15) is 17.5 Å². The van der Waals surface area contributed by atoms with Crippen molar-refractivity contribution in [2.75, 3.05) is 33.3 Å². The minimum absolute atomic E-state index is 0.0494. The van der Waals surface area contributed by atoms with Crippen molar-refractivity contribution in [2.24, 2.45) is 0 Å². The van der Waals surface area contributed by atoms with Gasteiger partial charge >= 0.3 is 0 Å². The number of aryl methyl sites for hydroxylation is 1. The van der Waals surface area contributed by atoms with Gasteiger partial charge in [-0.25, -0.2) is 8.78 Å². The number of hydrogen-bond donors (Lipinski definition) is 0. The van der Waals surface area contributed by atoms with Crippen molar-refractivity contribution in [1.82, 2.24) is 9.80 Å². The van der Waals surface area contributed by atoms with Gasteiger partial charge in [0.05, 0.1) is 7.11 Å². The van der Waals surface area contributed by atoms with E-state index in [1.54, 1.807) is 24.3 Å².